The molecule has 1 fully saturated rings. The molecule has 2 N–H and O–H groups in total. The lowest BCUT2D eigenvalue weighted by atomic mass is 9.91. The van der Waals surface area contributed by atoms with Gasteiger partial charge in [-0.1, -0.05) is 6.92 Å². The Morgan fingerprint density at radius 2 is 2.16 bits per heavy atom. The van der Waals surface area contributed by atoms with Gasteiger partial charge in [-0.15, -0.1) is 0 Å². The van der Waals surface area contributed by atoms with Crippen molar-refractivity contribution in [3.8, 4) is 5.75 Å². The van der Waals surface area contributed by atoms with Crippen LogP contribution in [0.25, 0.3) is 0 Å². The summed E-state index contributed by atoms with van der Waals surface area (Å²) in [6.45, 7) is 2.57. The van der Waals surface area contributed by atoms with E-state index in [1.807, 2.05) is 6.92 Å². The lowest BCUT2D eigenvalue weighted by molar-refractivity contribution is -0.384. The smallest absolute Gasteiger partial charge is 0.317 e. The van der Waals surface area contributed by atoms with E-state index in [0.717, 1.165) is 0 Å². The van der Waals surface area contributed by atoms with Crippen molar-refractivity contribution in [3.63, 3.8) is 0 Å². The van der Waals surface area contributed by atoms with Gasteiger partial charge in [0.25, 0.3) is 5.69 Å². The lowest BCUT2D eigenvalue weighted by Gasteiger charge is -2.34. The highest BCUT2D eigenvalue weighted by molar-refractivity contribution is 5.76. The molecule has 0 radical (unpaired) electrons. The molecule has 2 rings (SSSR count). The third-order valence-corrected chi connectivity index (χ3v) is 4.20. The van der Waals surface area contributed by atoms with Crippen molar-refractivity contribution in [1.29, 1.82) is 0 Å². The summed E-state index contributed by atoms with van der Waals surface area (Å²) in [4.78, 5) is 35.4. The molecule has 1 heterocycles. The summed E-state index contributed by atoms with van der Waals surface area (Å²) < 4.78 is 5.16. The maximum Gasteiger partial charge on any atom is 0.317 e. The van der Waals surface area contributed by atoms with E-state index in [1.54, 1.807) is 0 Å². The average molecular weight is 351 g/mol. The Balaban J connectivity index is 2.05. The van der Waals surface area contributed by atoms with Gasteiger partial charge < -0.3 is 20.1 Å². The van der Waals surface area contributed by atoms with Crippen molar-refractivity contribution in [3.05, 3.63) is 33.9 Å². The summed E-state index contributed by atoms with van der Waals surface area (Å²) in [5.41, 5.74) is 0.382. The highest BCUT2D eigenvalue weighted by Gasteiger charge is 2.31. The topological polar surface area (TPSA) is 122 Å². The fraction of sp³-hybridized carbons (Fsp3) is 0.500. The highest BCUT2D eigenvalue weighted by Crippen LogP contribution is 2.25. The SMILES string of the molecule is COc1ccc([N+](=O)[O-])cc1CNC(=O)N1CC(C)CC(C(=O)O)C1. The molecule has 0 aromatic heterocycles. The number of nitro benzene ring substituents is 1. The quantitative estimate of drug-likeness (QED) is 0.617. The number of non-ortho nitro benzene ring substituents is 1. The van der Waals surface area contributed by atoms with Crippen LogP contribution in [0.4, 0.5) is 10.5 Å². The van der Waals surface area contributed by atoms with Crippen LogP contribution < -0.4 is 10.1 Å². The summed E-state index contributed by atoms with van der Waals surface area (Å²) in [6.07, 6.45) is 0.540. The van der Waals surface area contributed by atoms with E-state index in [9.17, 15) is 24.8 Å². The van der Waals surface area contributed by atoms with Crippen LogP contribution in [-0.4, -0.2) is 47.1 Å². The number of urea groups is 1. The molecule has 0 bridgehead atoms. The normalized spacial score (nSPS) is 20.0. The van der Waals surface area contributed by atoms with Gasteiger partial charge in [-0.05, 0) is 18.4 Å². The Bertz CT molecular complexity index is 678. The van der Waals surface area contributed by atoms with Crippen molar-refractivity contribution in [2.75, 3.05) is 20.2 Å². The number of aliphatic carboxylic acids is 1. The largest absolute Gasteiger partial charge is 0.496 e. The minimum atomic E-state index is -0.912. The Morgan fingerprint density at radius 3 is 2.76 bits per heavy atom. The van der Waals surface area contributed by atoms with Gasteiger partial charge in [0.2, 0.25) is 0 Å². The maximum atomic E-state index is 12.4. The lowest BCUT2D eigenvalue weighted by Crippen LogP contribution is -2.49. The number of likely N-dealkylation sites (tertiary alicyclic amines) is 1. The van der Waals surface area contributed by atoms with E-state index in [1.165, 1.54) is 30.2 Å². The number of nitrogens with one attached hydrogen (secondary N) is 1. The number of carboxylic acids is 1. The van der Waals surface area contributed by atoms with Crippen LogP contribution in [0.5, 0.6) is 5.75 Å². The number of benzene rings is 1. The van der Waals surface area contributed by atoms with E-state index in [-0.39, 0.29) is 24.7 Å². The first kappa shape index (κ1) is 18.5. The Labute approximate surface area is 144 Å². The van der Waals surface area contributed by atoms with Gasteiger partial charge in [0.1, 0.15) is 5.75 Å². The van der Waals surface area contributed by atoms with Crippen LogP contribution in [0.2, 0.25) is 0 Å². The molecule has 2 amide bonds. The predicted octanol–water partition coefficient (Wildman–Crippen LogP) is 1.86. The molecule has 0 aliphatic carbocycles. The van der Waals surface area contributed by atoms with Crippen molar-refractivity contribution in [1.82, 2.24) is 10.2 Å². The molecule has 136 valence electrons. The minimum Gasteiger partial charge on any atom is -0.496 e. The molecule has 9 nitrogen and oxygen atoms in total. The predicted molar refractivity (Wildman–Crippen MR) is 88.4 cm³/mol. The van der Waals surface area contributed by atoms with Crippen LogP contribution >= 0.6 is 0 Å². The van der Waals surface area contributed by atoms with Crippen LogP contribution in [0, 0.1) is 22.0 Å². The van der Waals surface area contributed by atoms with Crippen molar-refractivity contribution in [2.45, 2.75) is 19.9 Å². The molecule has 1 aliphatic heterocycles. The van der Waals surface area contributed by atoms with Gasteiger partial charge in [0.05, 0.1) is 18.0 Å². The number of carbonyl (C=O) groups is 2. The van der Waals surface area contributed by atoms with Crippen LogP contribution in [0.3, 0.4) is 0 Å². The van der Waals surface area contributed by atoms with Gasteiger partial charge in [-0.3, -0.25) is 14.9 Å². The molecule has 1 aromatic rings. The third-order valence-electron chi connectivity index (χ3n) is 4.20. The fourth-order valence-corrected chi connectivity index (χ4v) is 3.00. The molecular formula is C16H21N3O6. The number of ether oxygens (including phenoxy) is 1. The first-order valence-electron chi connectivity index (χ1n) is 7.88. The first-order chi connectivity index (χ1) is 11.8. The van der Waals surface area contributed by atoms with Gasteiger partial charge in [-0.2, -0.15) is 0 Å². The zero-order chi connectivity index (χ0) is 18.6. The van der Waals surface area contributed by atoms with E-state index in [4.69, 9.17) is 4.74 Å². The molecule has 1 aromatic carbocycles. The monoisotopic (exact) mass is 351 g/mol. The zero-order valence-corrected chi connectivity index (χ0v) is 14.1. The van der Waals surface area contributed by atoms with Crippen LogP contribution in [0.1, 0.15) is 18.9 Å². The van der Waals surface area contributed by atoms with Crippen molar-refractivity contribution < 1.29 is 24.4 Å². The number of nitro groups is 1. The average Bonchev–Trinajstić information content (AvgIpc) is 2.58. The van der Waals surface area contributed by atoms with Crippen molar-refractivity contribution >= 4 is 17.7 Å². The van der Waals surface area contributed by atoms with Gasteiger partial charge in [0.15, 0.2) is 0 Å². The zero-order valence-electron chi connectivity index (χ0n) is 14.1. The summed E-state index contributed by atoms with van der Waals surface area (Å²) in [6, 6.07) is 3.75. The van der Waals surface area contributed by atoms with E-state index in [2.05, 4.69) is 5.32 Å². The number of methoxy groups -OCH3 is 1. The molecule has 1 aliphatic rings. The Hall–Kier alpha value is -2.84. The Kier molecular flexibility index (Phi) is 5.79. The molecule has 1 saturated heterocycles. The number of rotatable bonds is 5. The van der Waals surface area contributed by atoms with Gasteiger partial charge in [-0.25, -0.2) is 4.79 Å². The second kappa shape index (κ2) is 7.82. The maximum absolute atomic E-state index is 12.4. The number of hydrogen-bond donors (Lipinski definition) is 2. The van der Waals surface area contributed by atoms with Gasteiger partial charge in [0, 0.05) is 37.3 Å². The van der Waals surface area contributed by atoms with Crippen molar-refractivity contribution in [2.24, 2.45) is 11.8 Å². The van der Waals surface area contributed by atoms with E-state index < -0.39 is 22.8 Å². The number of amides is 2. The molecule has 2 atom stereocenters. The van der Waals surface area contributed by atoms with Crippen LogP contribution in [0.15, 0.2) is 18.2 Å². The minimum absolute atomic E-state index is 0.0479. The molecule has 0 spiro atoms. The Morgan fingerprint density at radius 1 is 1.44 bits per heavy atom. The first-order valence-corrected chi connectivity index (χ1v) is 7.88. The number of piperidine rings is 1. The second-order valence-electron chi connectivity index (χ2n) is 6.19. The van der Waals surface area contributed by atoms with Crippen LogP contribution in [-0.2, 0) is 11.3 Å². The molecule has 25 heavy (non-hydrogen) atoms. The third kappa shape index (κ3) is 4.59. The number of nitrogens with zero attached hydrogens (tertiary/aromatic N) is 2. The summed E-state index contributed by atoms with van der Waals surface area (Å²) in [7, 11) is 1.44. The fourth-order valence-electron chi connectivity index (χ4n) is 3.00. The molecule has 2 unspecified atom stereocenters. The molecule has 9 heteroatoms. The molecule has 0 saturated carbocycles. The number of hydrogen-bond acceptors (Lipinski definition) is 5. The number of carbonyl (C=O) groups excluding carboxylic acids is 1. The van der Waals surface area contributed by atoms with Gasteiger partial charge >= 0.3 is 12.0 Å². The number of carboxylic acid groups (broad SMARTS) is 1. The summed E-state index contributed by atoms with van der Waals surface area (Å²) >= 11 is 0. The summed E-state index contributed by atoms with van der Waals surface area (Å²) in [5, 5.41) is 22.7. The standard InChI is InChI=1S/C16H21N3O6/c1-10-5-12(15(20)21)9-18(8-10)16(22)17-7-11-6-13(19(23)24)3-4-14(11)25-2/h3-4,6,10,12H,5,7-9H2,1-2H3,(H,17,22)(H,20,21). The second-order valence-corrected chi connectivity index (χ2v) is 6.19. The summed E-state index contributed by atoms with van der Waals surface area (Å²) in [5.74, 6) is -0.971. The molecular weight excluding hydrogens is 330 g/mol. The van der Waals surface area contributed by atoms with E-state index >= 15 is 0 Å². The van der Waals surface area contributed by atoms with E-state index in [0.29, 0.717) is 24.3 Å². The highest BCUT2D eigenvalue weighted by atomic mass is 16.6.